The van der Waals surface area contributed by atoms with Gasteiger partial charge in [-0.2, -0.15) is 0 Å². The fourth-order valence-electron chi connectivity index (χ4n) is 2.79. The number of alkyl halides is 1. The average Bonchev–Trinajstić information content (AvgIpc) is 3.19. The average molecular weight is 245 g/mol. The van der Waals surface area contributed by atoms with Crippen LogP contribution in [0.15, 0.2) is 0 Å². The molecule has 0 N–H and O–H groups in total. The summed E-state index contributed by atoms with van der Waals surface area (Å²) in [7, 11) is 0. The van der Waals surface area contributed by atoms with Gasteiger partial charge in [-0.25, -0.2) is 0 Å². The highest BCUT2D eigenvalue weighted by molar-refractivity contribution is 6.18. The molecule has 92 valence electrons. The van der Waals surface area contributed by atoms with E-state index in [4.69, 9.17) is 21.1 Å². The molecule has 3 rings (SSSR count). The lowest BCUT2D eigenvalue weighted by Gasteiger charge is -2.32. The van der Waals surface area contributed by atoms with Gasteiger partial charge in [-0.3, -0.25) is 0 Å². The summed E-state index contributed by atoms with van der Waals surface area (Å²) in [5.74, 6) is 2.30. The standard InChI is InChI=1S/C13H21ClO2/c14-8-13(9-15-7-10-1-2-10)5-6-16-12(13)11-3-4-11/h10-12H,1-9H2. The van der Waals surface area contributed by atoms with Crippen molar-refractivity contribution in [1.82, 2.24) is 0 Å². The Kier molecular flexibility index (Phi) is 3.16. The summed E-state index contributed by atoms with van der Waals surface area (Å²) >= 11 is 6.20. The predicted octanol–water partition coefficient (Wildman–Crippen LogP) is 2.84. The number of ether oxygens (including phenoxy) is 2. The first-order valence-corrected chi connectivity index (χ1v) is 7.13. The van der Waals surface area contributed by atoms with Gasteiger partial charge in [-0.05, 0) is 43.9 Å². The van der Waals surface area contributed by atoms with E-state index in [0.29, 0.717) is 12.0 Å². The van der Waals surface area contributed by atoms with E-state index in [9.17, 15) is 0 Å². The molecule has 3 aliphatic rings. The third-order valence-electron chi connectivity index (χ3n) is 4.26. The Morgan fingerprint density at radius 3 is 2.69 bits per heavy atom. The maximum atomic E-state index is 6.20. The van der Waals surface area contributed by atoms with Crippen molar-refractivity contribution in [2.75, 3.05) is 25.7 Å². The van der Waals surface area contributed by atoms with Crippen LogP contribution in [0.1, 0.15) is 32.1 Å². The van der Waals surface area contributed by atoms with E-state index < -0.39 is 0 Å². The van der Waals surface area contributed by atoms with E-state index in [1.54, 1.807) is 0 Å². The van der Waals surface area contributed by atoms with Crippen molar-refractivity contribution in [3.05, 3.63) is 0 Å². The van der Waals surface area contributed by atoms with Crippen LogP contribution >= 0.6 is 11.6 Å². The van der Waals surface area contributed by atoms with E-state index in [2.05, 4.69) is 0 Å². The summed E-state index contributed by atoms with van der Waals surface area (Å²) < 4.78 is 11.8. The Morgan fingerprint density at radius 1 is 1.25 bits per heavy atom. The molecule has 0 aromatic carbocycles. The molecule has 0 spiro atoms. The maximum absolute atomic E-state index is 6.20. The Morgan fingerprint density at radius 2 is 2.06 bits per heavy atom. The van der Waals surface area contributed by atoms with Gasteiger partial charge in [0.05, 0.1) is 12.7 Å². The topological polar surface area (TPSA) is 18.5 Å². The molecule has 0 aromatic heterocycles. The van der Waals surface area contributed by atoms with Crippen LogP contribution in [0.2, 0.25) is 0 Å². The van der Waals surface area contributed by atoms with Crippen molar-refractivity contribution >= 4 is 11.6 Å². The molecule has 1 saturated heterocycles. The van der Waals surface area contributed by atoms with Crippen LogP contribution in [0.4, 0.5) is 0 Å². The van der Waals surface area contributed by atoms with Crippen LogP contribution in [-0.2, 0) is 9.47 Å². The lowest BCUT2D eigenvalue weighted by Crippen LogP contribution is -2.39. The van der Waals surface area contributed by atoms with E-state index in [1.807, 2.05) is 0 Å². The Hall–Kier alpha value is 0.210. The molecule has 0 amide bonds. The van der Waals surface area contributed by atoms with Crippen molar-refractivity contribution < 1.29 is 9.47 Å². The van der Waals surface area contributed by atoms with Gasteiger partial charge >= 0.3 is 0 Å². The van der Waals surface area contributed by atoms with Crippen molar-refractivity contribution in [1.29, 1.82) is 0 Å². The Balaban J connectivity index is 1.56. The van der Waals surface area contributed by atoms with Gasteiger partial charge in [-0.1, -0.05) is 0 Å². The minimum Gasteiger partial charge on any atom is -0.380 e. The fourth-order valence-corrected chi connectivity index (χ4v) is 3.16. The number of rotatable bonds is 6. The molecule has 2 saturated carbocycles. The zero-order valence-corrected chi connectivity index (χ0v) is 10.5. The molecule has 1 heterocycles. The first kappa shape index (κ1) is 11.3. The number of hydrogen-bond donors (Lipinski definition) is 0. The monoisotopic (exact) mass is 244 g/mol. The van der Waals surface area contributed by atoms with E-state index in [-0.39, 0.29) is 5.41 Å². The highest BCUT2D eigenvalue weighted by atomic mass is 35.5. The van der Waals surface area contributed by atoms with Crippen LogP contribution in [-0.4, -0.2) is 31.8 Å². The molecule has 2 unspecified atom stereocenters. The zero-order valence-electron chi connectivity index (χ0n) is 9.79. The molecule has 2 nitrogen and oxygen atoms in total. The quantitative estimate of drug-likeness (QED) is 0.669. The van der Waals surface area contributed by atoms with Crippen LogP contribution in [0.5, 0.6) is 0 Å². The summed E-state index contributed by atoms with van der Waals surface area (Å²) in [6, 6.07) is 0. The van der Waals surface area contributed by atoms with Crippen molar-refractivity contribution in [2.45, 2.75) is 38.2 Å². The summed E-state index contributed by atoms with van der Waals surface area (Å²) in [5, 5.41) is 0. The van der Waals surface area contributed by atoms with Gasteiger partial charge < -0.3 is 9.47 Å². The van der Waals surface area contributed by atoms with Crippen LogP contribution in [0.3, 0.4) is 0 Å². The molecule has 2 atom stereocenters. The van der Waals surface area contributed by atoms with E-state index >= 15 is 0 Å². The number of halogens is 1. The SMILES string of the molecule is ClCC1(COCC2CC2)CCOC1C1CC1. The highest BCUT2D eigenvalue weighted by Gasteiger charge is 2.50. The molecule has 1 aliphatic heterocycles. The lowest BCUT2D eigenvalue weighted by atomic mass is 9.81. The Bertz CT molecular complexity index is 250. The number of hydrogen-bond acceptors (Lipinski definition) is 2. The first-order chi connectivity index (χ1) is 7.84. The van der Waals surface area contributed by atoms with Gasteiger partial charge in [0, 0.05) is 24.5 Å². The van der Waals surface area contributed by atoms with E-state index in [1.165, 1.54) is 25.7 Å². The normalized spacial score (nSPS) is 39.2. The van der Waals surface area contributed by atoms with Crippen LogP contribution in [0, 0.1) is 17.3 Å². The molecule has 3 heteroatoms. The third kappa shape index (κ3) is 2.25. The van der Waals surface area contributed by atoms with Gasteiger partial charge in [0.15, 0.2) is 0 Å². The molecule has 0 bridgehead atoms. The van der Waals surface area contributed by atoms with Gasteiger partial charge in [0.25, 0.3) is 0 Å². The largest absolute Gasteiger partial charge is 0.380 e. The Labute approximate surface area is 103 Å². The molecular weight excluding hydrogens is 224 g/mol. The predicted molar refractivity (Wildman–Crippen MR) is 63.8 cm³/mol. The van der Waals surface area contributed by atoms with Gasteiger partial charge in [0.2, 0.25) is 0 Å². The third-order valence-corrected chi connectivity index (χ3v) is 4.79. The highest BCUT2D eigenvalue weighted by Crippen LogP contribution is 2.48. The van der Waals surface area contributed by atoms with Gasteiger partial charge in [-0.15, -0.1) is 11.6 Å². The summed E-state index contributed by atoms with van der Waals surface area (Å²) in [4.78, 5) is 0. The molecule has 0 aromatic rings. The summed E-state index contributed by atoms with van der Waals surface area (Å²) in [6.45, 7) is 2.63. The lowest BCUT2D eigenvalue weighted by molar-refractivity contribution is -0.0166. The second-order valence-electron chi connectivity index (χ2n) is 5.83. The minimum atomic E-state index is 0.123. The van der Waals surface area contributed by atoms with E-state index in [0.717, 1.165) is 38.1 Å². The maximum Gasteiger partial charge on any atom is 0.0693 e. The van der Waals surface area contributed by atoms with Crippen molar-refractivity contribution in [2.24, 2.45) is 17.3 Å². The van der Waals surface area contributed by atoms with Crippen LogP contribution < -0.4 is 0 Å². The molecule has 0 radical (unpaired) electrons. The first-order valence-electron chi connectivity index (χ1n) is 6.59. The fraction of sp³-hybridized carbons (Fsp3) is 1.00. The van der Waals surface area contributed by atoms with Crippen molar-refractivity contribution in [3.8, 4) is 0 Å². The van der Waals surface area contributed by atoms with Crippen LogP contribution in [0.25, 0.3) is 0 Å². The summed E-state index contributed by atoms with van der Waals surface area (Å²) in [6.07, 6.45) is 6.83. The molecular formula is C13H21ClO2. The second kappa shape index (κ2) is 4.47. The molecule has 2 aliphatic carbocycles. The smallest absolute Gasteiger partial charge is 0.0693 e. The molecule has 3 fully saturated rings. The minimum absolute atomic E-state index is 0.123. The molecule has 16 heavy (non-hydrogen) atoms. The summed E-state index contributed by atoms with van der Waals surface area (Å²) in [5.41, 5.74) is 0.123. The van der Waals surface area contributed by atoms with Gasteiger partial charge in [0.1, 0.15) is 0 Å². The zero-order chi connectivity index (χ0) is 11.0. The second-order valence-corrected chi connectivity index (χ2v) is 6.10. The van der Waals surface area contributed by atoms with Crippen molar-refractivity contribution in [3.63, 3.8) is 0 Å².